The van der Waals surface area contributed by atoms with Gasteiger partial charge in [-0.1, -0.05) is 19.9 Å². The first kappa shape index (κ1) is 17.0. The Morgan fingerprint density at radius 3 is 2.20 bits per heavy atom. The number of aryl methyl sites for hydroxylation is 1. The molecule has 3 heteroatoms. The molecule has 0 unspecified atom stereocenters. The summed E-state index contributed by atoms with van der Waals surface area (Å²) in [6, 6.07) is 6.29. The van der Waals surface area contributed by atoms with Crippen LogP contribution in [0.25, 0.3) is 0 Å². The van der Waals surface area contributed by atoms with Crippen LogP contribution in [0.15, 0.2) is 18.2 Å². The number of ether oxygens (including phenoxy) is 3. The average molecular weight is 280 g/mol. The first-order chi connectivity index (χ1) is 9.58. The van der Waals surface area contributed by atoms with Gasteiger partial charge in [0.1, 0.15) is 5.75 Å². The third-order valence-electron chi connectivity index (χ3n) is 3.19. The minimum Gasteiger partial charge on any atom is -0.493 e. The normalized spacial score (nSPS) is 11.3. The Balaban J connectivity index is 2.47. The summed E-state index contributed by atoms with van der Waals surface area (Å²) in [6.45, 7) is 12.4. The standard InChI is InChI=1S/C17H28O3/c1-6-18-17(19-7-2)10-11-20-15-8-9-16(13(3)4)14(5)12-15/h8-9,12-13,17H,6-7,10-11H2,1-5H3. The van der Waals surface area contributed by atoms with Crippen molar-refractivity contribution < 1.29 is 14.2 Å². The molecule has 0 spiro atoms. The van der Waals surface area contributed by atoms with E-state index in [0.29, 0.717) is 25.7 Å². The van der Waals surface area contributed by atoms with E-state index in [1.165, 1.54) is 11.1 Å². The van der Waals surface area contributed by atoms with Crippen LogP contribution in [-0.4, -0.2) is 26.1 Å². The molecule has 0 fully saturated rings. The van der Waals surface area contributed by atoms with E-state index >= 15 is 0 Å². The van der Waals surface area contributed by atoms with E-state index in [9.17, 15) is 0 Å². The summed E-state index contributed by atoms with van der Waals surface area (Å²) >= 11 is 0. The molecule has 0 N–H and O–H groups in total. The molecule has 0 bridgehead atoms. The number of hydrogen-bond acceptors (Lipinski definition) is 3. The molecule has 0 aliphatic carbocycles. The van der Waals surface area contributed by atoms with E-state index in [1.807, 2.05) is 19.9 Å². The van der Waals surface area contributed by atoms with Gasteiger partial charge in [-0.05, 0) is 49.9 Å². The quantitative estimate of drug-likeness (QED) is 0.632. The Hall–Kier alpha value is -1.06. The summed E-state index contributed by atoms with van der Waals surface area (Å²) in [5.41, 5.74) is 2.66. The van der Waals surface area contributed by atoms with E-state index in [2.05, 4.69) is 32.9 Å². The highest BCUT2D eigenvalue weighted by Crippen LogP contribution is 2.23. The summed E-state index contributed by atoms with van der Waals surface area (Å²) in [5, 5.41) is 0. The first-order valence-electron chi connectivity index (χ1n) is 7.55. The summed E-state index contributed by atoms with van der Waals surface area (Å²) in [6.07, 6.45) is 0.577. The molecule has 0 radical (unpaired) electrons. The molecule has 20 heavy (non-hydrogen) atoms. The highest BCUT2D eigenvalue weighted by molar-refractivity contribution is 5.36. The minimum absolute atomic E-state index is 0.166. The lowest BCUT2D eigenvalue weighted by molar-refractivity contribution is -0.142. The van der Waals surface area contributed by atoms with E-state index in [4.69, 9.17) is 14.2 Å². The maximum Gasteiger partial charge on any atom is 0.160 e. The molecule has 0 aliphatic rings. The third kappa shape index (κ3) is 5.51. The van der Waals surface area contributed by atoms with Gasteiger partial charge in [0.15, 0.2) is 6.29 Å². The van der Waals surface area contributed by atoms with E-state index in [-0.39, 0.29) is 6.29 Å². The Morgan fingerprint density at radius 1 is 1.05 bits per heavy atom. The Bertz CT molecular complexity index is 382. The zero-order chi connectivity index (χ0) is 15.0. The zero-order valence-corrected chi connectivity index (χ0v) is 13.4. The Morgan fingerprint density at radius 2 is 1.70 bits per heavy atom. The second kappa shape index (κ2) is 8.98. The molecule has 3 nitrogen and oxygen atoms in total. The number of benzene rings is 1. The molecule has 0 heterocycles. The lowest BCUT2D eigenvalue weighted by atomic mass is 9.98. The molecule has 0 aliphatic heterocycles. The fraction of sp³-hybridized carbons (Fsp3) is 0.647. The van der Waals surface area contributed by atoms with Crippen LogP contribution >= 0.6 is 0 Å². The summed E-state index contributed by atoms with van der Waals surface area (Å²) < 4.78 is 16.8. The van der Waals surface area contributed by atoms with Crippen molar-refractivity contribution in [2.75, 3.05) is 19.8 Å². The highest BCUT2D eigenvalue weighted by atomic mass is 16.7. The van der Waals surface area contributed by atoms with Crippen LogP contribution in [0.2, 0.25) is 0 Å². The maximum atomic E-state index is 5.78. The zero-order valence-electron chi connectivity index (χ0n) is 13.4. The van der Waals surface area contributed by atoms with Gasteiger partial charge in [-0.25, -0.2) is 0 Å². The van der Waals surface area contributed by atoms with Crippen molar-refractivity contribution in [3.05, 3.63) is 29.3 Å². The van der Waals surface area contributed by atoms with Crippen LogP contribution < -0.4 is 4.74 Å². The van der Waals surface area contributed by atoms with Crippen molar-refractivity contribution in [3.8, 4) is 5.75 Å². The molecule has 1 aromatic carbocycles. The van der Waals surface area contributed by atoms with E-state index in [0.717, 1.165) is 12.2 Å². The van der Waals surface area contributed by atoms with Crippen LogP contribution in [0.3, 0.4) is 0 Å². The minimum atomic E-state index is -0.166. The number of rotatable bonds is 9. The predicted octanol–water partition coefficient (Wildman–Crippen LogP) is 4.29. The summed E-state index contributed by atoms with van der Waals surface area (Å²) in [5.74, 6) is 1.46. The van der Waals surface area contributed by atoms with Gasteiger partial charge in [0.05, 0.1) is 6.61 Å². The molecule has 0 aromatic heterocycles. The SMILES string of the molecule is CCOC(CCOc1ccc(C(C)C)c(C)c1)OCC. The third-order valence-corrected chi connectivity index (χ3v) is 3.19. The van der Waals surface area contributed by atoms with Crippen molar-refractivity contribution in [1.82, 2.24) is 0 Å². The molecule has 0 saturated heterocycles. The van der Waals surface area contributed by atoms with Crippen molar-refractivity contribution in [1.29, 1.82) is 0 Å². The maximum absolute atomic E-state index is 5.78. The molecular formula is C17H28O3. The van der Waals surface area contributed by atoms with Crippen LogP contribution in [0.1, 0.15) is 51.2 Å². The first-order valence-corrected chi connectivity index (χ1v) is 7.55. The molecule has 0 saturated carbocycles. The highest BCUT2D eigenvalue weighted by Gasteiger charge is 2.09. The van der Waals surface area contributed by atoms with Crippen LogP contribution in [0.5, 0.6) is 5.75 Å². The Kier molecular flexibility index (Phi) is 7.63. The van der Waals surface area contributed by atoms with Crippen LogP contribution in [0.4, 0.5) is 0 Å². The van der Waals surface area contributed by atoms with E-state index in [1.54, 1.807) is 0 Å². The second-order valence-corrected chi connectivity index (χ2v) is 5.15. The van der Waals surface area contributed by atoms with Gasteiger partial charge in [-0.2, -0.15) is 0 Å². The number of hydrogen-bond donors (Lipinski definition) is 0. The van der Waals surface area contributed by atoms with Gasteiger partial charge in [0, 0.05) is 19.6 Å². The smallest absolute Gasteiger partial charge is 0.160 e. The fourth-order valence-electron chi connectivity index (χ4n) is 2.25. The van der Waals surface area contributed by atoms with Crippen LogP contribution in [0, 0.1) is 6.92 Å². The van der Waals surface area contributed by atoms with E-state index < -0.39 is 0 Å². The van der Waals surface area contributed by atoms with Crippen molar-refractivity contribution in [2.24, 2.45) is 0 Å². The molecule has 0 amide bonds. The predicted molar refractivity (Wildman–Crippen MR) is 82.4 cm³/mol. The van der Waals surface area contributed by atoms with Gasteiger partial charge >= 0.3 is 0 Å². The molecule has 114 valence electrons. The van der Waals surface area contributed by atoms with Crippen LogP contribution in [-0.2, 0) is 9.47 Å². The Labute approximate surface area is 123 Å². The average Bonchev–Trinajstić information content (AvgIpc) is 2.39. The largest absolute Gasteiger partial charge is 0.493 e. The lowest BCUT2D eigenvalue weighted by Gasteiger charge is -2.17. The van der Waals surface area contributed by atoms with Gasteiger partial charge in [0.2, 0.25) is 0 Å². The van der Waals surface area contributed by atoms with Gasteiger partial charge in [-0.3, -0.25) is 0 Å². The molecular weight excluding hydrogens is 252 g/mol. The van der Waals surface area contributed by atoms with Gasteiger partial charge < -0.3 is 14.2 Å². The van der Waals surface area contributed by atoms with Crippen molar-refractivity contribution in [3.63, 3.8) is 0 Å². The lowest BCUT2D eigenvalue weighted by Crippen LogP contribution is -2.20. The van der Waals surface area contributed by atoms with Gasteiger partial charge in [-0.15, -0.1) is 0 Å². The molecule has 0 atom stereocenters. The molecule has 1 aromatic rings. The summed E-state index contributed by atoms with van der Waals surface area (Å²) in [7, 11) is 0. The topological polar surface area (TPSA) is 27.7 Å². The van der Waals surface area contributed by atoms with Gasteiger partial charge in [0.25, 0.3) is 0 Å². The molecule has 1 rings (SSSR count). The van der Waals surface area contributed by atoms with Crippen molar-refractivity contribution >= 4 is 0 Å². The summed E-state index contributed by atoms with van der Waals surface area (Å²) in [4.78, 5) is 0. The fourth-order valence-corrected chi connectivity index (χ4v) is 2.25. The second-order valence-electron chi connectivity index (χ2n) is 5.15. The monoisotopic (exact) mass is 280 g/mol. The van der Waals surface area contributed by atoms with Crippen molar-refractivity contribution in [2.45, 2.75) is 53.2 Å².